The van der Waals surface area contributed by atoms with Gasteiger partial charge in [0.05, 0.1) is 0 Å². The van der Waals surface area contributed by atoms with Gasteiger partial charge in [-0.1, -0.05) is 36.4 Å². The van der Waals surface area contributed by atoms with Gasteiger partial charge in [-0.2, -0.15) is 0 Å². The Bertz CT molecular complexity index is 942. The highest BCUT2D eigenvalue weighted by Crippen LogP contribution is 2.31. The Morgan fingerprint density at radius 2 is 1.38 bits per heavy atom. The summed E-state index contributed by atoms with van der Waals surface area (Å²) in [7, 11) is 0. The van der Waals surface area contributed by atoms with Gasteiger partial charge >= 0.3 is 5.97 Å². The van der Waals surface area contributed by atoms with Crippen LogP contribution < -0.4 is 9.47 Å². The number of hydrogen-bond acceptors (Lipinski definition) is 4. The van der Waals surface area contributed by atoms with Crippen LogP contribution in [0.3, 0.4) is 0 Å². The van der Waals surface area contributed by atoms with E-state index in [0.717, 1.165) is 5.56 Å². The maximum Gasteiger partial charge on any atom is 0.308 e. The molecular weight excluding hydrogens is 328 g/mol. The number of rotatable bonds is 5. The second-order valence-corrected chi connectivity index (χ2v) is 5.81. The minimum Gasteiger partial charge on any atom is -0.453 e. The molecule has 26 heavy (non-hydrogen) atoms. The predicted molar refractivity (Wildman–Crippen MR) is 98.9 cm³/mol. The van der Waals surface area contributed by atoms with Crippen LogP contribution in [0.25, 0.3) is 0 Å². The van der Waals surface area contributed by atoms with Crippen LogP contribution in [-0.2, 0) is 4.79 Å². The zero-order valence-electron chi connectivity index (χ0n) is 14.6. The van der Waals surface area contributed by atoms with Gasteiger partial charge in [0, 0.05) is 18.1 Å². The molecule has 3 rings (SSSR count). The summed E-state index contributed by atoms with van der Waals surface area (Å²) in [4.78, 5) is 23.8. The van der Waals surface area contributed by atoms with Gasteiger partial charge in [-0.15, -0.1) is 0 Å². The van der Waals surface area contributed by atoms with Crippen molar-refractivity contribution in [1.29, 1.82) is 0 Å². The van der Waals surface area contributed by atoms with Crippen LogP contribution in [-0.4, -0.2) is 11.8 Å². The molecule has 130 valence electrons. The lowest BCUT2D eigenvalue weighted by Gasteiger charge is -2.11. The van der Waals surface area contributed by atoms with Crippen LogP contribution in [0, 0.1) is 6.92 Å². The fourth-order valence-corrected chi connectivity index (χ4v) is 2.56. The Kier molecular flexibility index (Phi) is 5.13. The van der Waals surface area contributed by atoms with Gasteiger partial charge in [0.2, 0.25) is 0 Å². The molecule has 0 N–H and O–H groups in total. The van der Waals surface area contributed by atoms with Crippen LogP contribution in [0.1, 0.15) is 28.4 Å². The van der Waals surface area contributed by atoms with E-state index < -0.39 is 5.97 Å². The molecule has 0 unspecified atom stereocenters. The van der Waals surface area contributed by atoms with Crippen LogP contribution in [0.15, 0.2) is 72.8 Å². The molecule has 0 amide bonds. The first-order valence-electron chi connectivity index (χ1n) is 8.20. The maximum atomic E-state index is 12.6. The van der Waals surface area contributed by atoms with Crippen LogP contribution in [0.5, 0.6) is 17.2 Å². The molecule has 0 aliphatic rings. The first kappa shape index (κ1) is 17.4. The summed E-state index contributed by atoms with van der Waals surface area (Å²) in [6.07, 6.45) is 0. The van der Waals surface area contributed by atoms with Crippen molar-refractivity contribution >= 4 is 11.8 Å². The van der Waals surface area contributed by atoms with Crippen molar-refractivity contribution in [2.45, 2.75) is 13.8 Å². The zero-order valence-corrected chi connectivity index (χ0v) is 14.6. The fraction of sp³-hybridized carbons (Fsp3) is 0.0909. The average molecular weight is 346 g/mol. The standard InChI is InChI=1S/C22H18O4/c1-15-7-3-4-8-19(15)22(24)17-11-13-18(14-12-17)26-21-10-6-5-9-20(21)25-16(2)23/h3-14H,1-2H3. The fourth-order valence-electron chi connectivity index (χ4n) is 2.56. The highest BCUT2D eigenvalue weighted by molar-refractivity contribution is 6.09. The smallest absolute Gasteiger partial charge is 0.308 e. The van der Waals surface area contributed by atoms with E-state index in [1.165, 1.54) is 6.92 Å². The number of carbonyl (C=O) groups excluding carboxylic acids is 2. The van der Waals surface area contributed by atoms with Gasteiger partial charge in [0.15, 0.2) is 17.3 Å². The van der Waals surface area contributed by atoms with Crippen LogP contribution in [0.4, 0.5) is 0 Å². The number of hydrogen-bond donors (Lipinski definition) is 0. The molecule has 0 saturated carbocycles. The summed E-state index contributed by atoms with van der Waals surface area (Å²) >= 11 is 0. The lowest BCUT2D eigenvalue weighted by molar-refractivity contribution is -0.132. The van der Waals surface area contributed by atoms with Crippen molar-refractivity contribution in [3.05, 3.63) is 89.5 Å². The molecule has 0 aliphatic heterocycles. The molecule has 0 spiro atoms. The SMILES string of the molecule is CC(=O)Oc1ccccc1Oc1ccc(C(=O)c2ccccc2C)cc1. The predicted octanol–water partition coefficient (Wildman–Crippen LogP) is 4.94. The second-order valence-electron chi connectivity index (χ2n) is 5.81. The minimum atomic E-state index is -0.416. The van der Waals surface area contributed by atoms with Crippen LogP contribution in [0.2, 0.25) is 0 Å². The molecular formula is C22H18O4. The average Bonchev–Trinajstić information content (AvgIpc) is 2.63. The third-order valence-corrected chi connectivity index (χ3v) is 3.84. The second kappa shape index (κ2) is 7.66. The van der Waals surface area contributed by atoms with Gasteiger partial charge < -0.3 is 9.47 Å². The number of carbonyl (C=O) groups is 2. The van der Waals surface area contributed by atoms with E-state index in [9.17, 15) is 9.59 Å². The topological polar surface area (TPSA) is 52.6 Å². The summed E-state index contributed by atoms with van der Waals surface area (Å²) in [6, 6.07) is 21.3. The molecule has 0 aromatic heterocycles. The Balaban J connectivity index is 1.80. The Hall–Kier alpha value is -3.40. The number of ketones is 1. The number of aryl methyl sites for hydroxylation is 1. The number of esters is 1. The Labute approximate surface area is 152 Å². The monoisotopic (exact) mass is 346 g/mol. The zero-order chi connectivity index (χ0) is 18.5. The third kappa shape index (κ3) is 3.98. The van der Waals surface area contributed by atoms with Crippen molar-refractivity contribution < 1.29 is 19.1 Å². The molecule has 4 nitrogen and oxygen atoms in total. The Morgan fingerprint density at radius 3 is 2.04 bits per heavy atom. The molecule has 0 radical (unpaired) electrons. The van der Waals surface area contributed by atoms with E-state index in [1.807, 2.05) is 31.2 Å². The third-order valence-electron chi connectivity index (χ3n) is 3.84. The van der Waals surface area contributed by atoms with Gasteiger partial charge in [-0.05, 0) is 48.9 Å². The summed E-state index contributed by atoms with van der Waals surface area (Å²) in [5.41, 5.74) is 2.20. The van der Waals surface area contributed by atoms with Gasteiger partial charge in [0.1, 0.15) is 5.75 Å². The van der Waals surface area contributed by atoms with E-state index in [1.54, 1.807) is 48.5 Å². The molecule has 3 aromatic carbocycles. The van der Waals surface area contributed by atoms with Gasteiger partial charge in [-0.3, -0.25) is 9.59 Å². The van der Waals surface area contributed by atoms with E-state index >= 15 is 0 Å². The van der Waals surface area contributed by atoms with Crippen molar-refractivity contribution in [3.8, 4) is 17.2 Å². The minimum absolute atomic E-state index is 0.0324. The highest BCUT2D eigenvalue weighted by atomic mass is 16.6. The lowest BCUT2D eigenvalue weighted by atomic mass is 9.99. The number of ether oxygens (including phenoxy) is 2. The largest absolute Gasteiger partial charge is 0.453 e. The maximum absolute atomic E-state index is 12.6. The summed E-state index contributed by atoms with van der Waals surface area (Å²) in [5, 5.41) is 0. The summed E-state index contributed by atoms with van der Waals surface area (Å²) in [5.74, 6) is 0.877. The molecule has 3 aromatic rings. The van der Waals surface area contributed by atoms with Gasteiger partial charge in [0.25, 0.3) is 0 Å². The summed E-state index contributed by atoms with van der Waals surface area (Å²) in [6.45, 7) is 3.25. The molecule has 0 aliphatic carbocycles. The first-order chi connectivity index (χ1) is 12.5. The lowest BCUT2D eigenvalue weighted by Crippen LogP contribution is -2.04. The number of para-hydroxylation sites is 2. The van der Waals surface area contributed by atoms with E-state index in [4.69, 9.17) is 9.47 Å². The molecule has 0 bridgehead atoms. The van der Waals surface area contributed by atoms with Crippen molar-refractivity contribution in [2.75, 3.05) is 0 Å². The molecule has 0 heterocycles. The molecule has 0 fully saturated rings. The van der Waals surface area contributed by atoms with E-state index in [-0.39, 0.29) is 5.78 Å². The number of benzene rings is 3. The van der Waals surface area contributed by atoms with E-state index in [2.05, 4.69) is 0 Å². The quantitative estimate of drug-likeness (QED) is 0.373. The highest BCUT2D eigenvalue weighted by Gasteiger charge is 2.12. The first-order valence-corrected chi connectivity index (χ1v) is 8.20. The molecule has 4 heteroatoms. The van der Waals surface area contributed by atoms with Crippen molar-refractivity contribution in [1.82, 2.24) is 0 Å². The molecule has 0 saturated heterocycles. The summed E-state index contributed by atoms with van der Waals surface area (Å²) < 4.78 is 10.9. The van der Waals surface area contributed by atoms with Crippen molar-refractivity contribution in [3.63, 3.8) is 0 Å². The molecule has 0 atom stereocenters. The van der Waals surface area contributed by atoms with Gasteiger partial charge in [-0.25, -0.2) is 0 Å². The van der Waals surface area contributed by atoms with E-state index in [0.29, 0.717) is 28.4 Å². The Morgan fingerprint density at radius 1 is 0.769 bits per heavy atom. The normalized spacial score (nSPS) is 10.2. The van der Waals surface area contributed by atoms with Crippen LogP contribution >= 0.6 is 0 Å². The van der Waals surface area contributed by atoms with Crippen molar-refractivity contribution in [2.24, 2.45) is 0 Å².